The Balaban J connectivity index is 1.51. The van der Waals surface area contributed by atoms with Crippen LogP contribution in [0.5, 0.6) is 0 Å². The second kappa shape index (κ2) is 6.85. The molecule has 4 aromatic rings. The minimum atomic E-state index is -0.512. The van der Waals surface area contributed by atoms with E-state index < -0.39 is 5.54 Å². The number of carbonyl (C=O) groups excluding carboxylic acids is 1. The van der Waals surface area contributed by atoms with Gasteiger partial charge in [-0.05, 0) is 30.7 Å². The van der Waals surface area contributed by atoms with Crippen molar-refractivity contribution >= 4 is 28.2 Å². The molecule has 160 valence electrons. The minimum absolute atomic E-state index is 0.129. The predicted octanol–water partition coefficient (Wildman–Crippen LogP) is 3.60. The molecule has 0 saturated carbocycles. The number of imidazole rings is 1. The van der Waals surface area contributed by atoms with E-state index in [4.69, 9.17) is 4.98 Å². The summed E-state index contributed by atoms with van der Waals surface area (Å²) in [6, 6.07) is 10.1. The van der Waals surface area contributed by atoms with Gasteiger partial charge in [-0.1, -0.05) is 31.2 Å². The zero-order valence-corrected chi connectivity index (χ0v) is 18.1. The SMILES string of the molecule is CCC12CCCN1c1nc(-n3ccnc3-c3nccc4ccccc34)ncc1N(C)C2=O. The van der Waals surface area contributed by atoms with Crippen LogP contribution in [0.4, 0.5) is 11.5 Å². The van der Waals surface area contributed by atoms with Crippen LogP contribution >= 0.6 is 0 Å². The number of likely N-dealkylation sites (N-methyl/N-ethyl adjacent to an activating group) is 1. The van der Waals surface area contributed by atoms with Crippen molar-refractivity contribution in [3.8, 4) is 17.5 Å². The predicted molar refractivity (Wildman–Crippen MR) is 123 cm³/mol. The highest BCUT2D eigenvalue weighted by atomic mass is 16.2. The number of anilines is 2. The molecule has 0 aliphatic carbocycles. The van der Waals surface area contributed by atoms with Gasteiger partial charge in [-0.3, -0.25) is 14.3 Å². The van der Waals surface area contributed by atoms with E-state index in [9.17, 15) is 4.79 Å². The number of aromatic nitrogens is 5. The van der Waals surface area contributed by atoms with Crippen molar-refractivity contribution in [2.75, 3.05) is 23.4 Å². The minimum Gasteiger partial charge on any atom is -0.340 e. The van der Waals surface area contributed by atoms with E-state index in [1.165, 1.54) is 0 Å². The summed E-state index contributed by atoms with van der Waals surface area (Å²) in [5.74, 6) is 2.14. The second-order valence-corrected chi connectivity index (χ2v) is 8.38. The van der Waals surface area contributed by atoms with Gasteiger partial charge in [0.1, 0.15) is 16.9 Å². The van der Waals surface area contributed by atoms with Gasteiger partial charge in [-0.25, -0.2) is 9.97 Å². The molecule has 2 aliphatic rings. The summed E-state index contributed by atoms with van der Waals surface area (Å²) in [7, 11) is 1.82. The lowest BCUT2D eigenvalue weighted by atomic mass is 9.89. The van der Waals surface area contributed by atoms with Gasteiger partial charge in [0, 0.05) is 37.6 Å². The van der Waals surface area contributed by atoms with E-state index in [2.05, 4.69) is 32.8 Å². The van der Waals surface area contributed by atoms with E-state index in [1.54, 1.807) is 23.5 Å². The number of hydrogen-bond donors (Lipinski definition) is 0. The maximum Gasteiger partial charge on any atom is 0.252 e. The number of rotatable bonds is 3. The van der Waals surface area contributed by atoms with Gasteiger partial charge < -0.3 is 9.80 Å². The Bertz CT molecular complexity index is 1360. The lowest BCUT2D eigenvalue weighted by Gasteiger charge is -2.45. The van der Waals surface area contributed by atoms with Gasteiger partial charge in [0.2, 0.25) is 5.95 Å². The normalized spacial score (nSPS) is 20.0. The lowest BCUT2D eigenvalue weighted by molar-refractivity contribution is -0.123. The fourth-order valence-electron chi connectivity index (χ4n) is 5.20. The first kappa shape index (κ1) is 18.9. The van der Waals surface area contributed by atoms with Crippen molar-refractivity contribution in [3.63, 3.8) is 0 Å². The maximum absolute atomic E-state index is 13.2. The highest BCUT2D eigenvalue weighted by molar-refractivity contribution is 6.07. The van der Waals surface area contributed by atoms with Crippen LogP contribution in [0, 0.1) is 0 Å². The average molecular weight is 425 g/mol. The molecule has 1 unspecified atom stereocenters. The zero-order chi connectivity index (χ0) is 21.9. The van der Waals surface area contributed by atoms with E-state index in [-0.39, 0.29) is 5.91 Å². The van der Waals surface area contributed by atoms with Crippen LogP contribution in [0.3, 0.4) is 0 Å². The van der Waals surface area contributed by atoms with Crippen molar-refractivity contribution in [1.82, 2.24) is 24.5 Å². The Morgan fingerprint density at radius 2 is 1.97 bits per heavy atom. The maximum atomic E-state index is 13.2. The van der Waals surface area contributed by atoms with Crippen LogP contribution in [-0.2, 0) is 4.79 Å². The number of hydrogen-bond acceptors (Lipinski definition) is 6. The molecule has 1 atom stereocenters. The number of nitrogens with zero attached hydrogens (tertiary/aromatic N) is 7. The first-order chi connectivity index (χ1) is 15.6. The number of carbonyl (C=O) groups is 1. The summed E-state index contributed by atoms with van der Waals surface area (Å²) < 4.78 is 1.87. The topological polar surface area (TPSA) is 80.0 Å². The van der Waals surface area contributed by atoms with Crippen LogP contribution < -0.4 is 9.80 Å². The Kier molecular flexibility index (Phi) is 4.05. The molecule has 1 amide bonds. The lowest BCUT2D eigenvalue weighted by Crippen LogP contribution is -2.59. The summed E-state index contributed by atoms with van der Waals surface area (Å²) in [5.41, 5.74) is 1.02. The van der Waals surface area contributed by atoms with Gasteiger partial charge in [0.25, 0.3) is 5.91 Å². The van der Waals surface area contributed by atoms with Gasteiger partial charge in [0.05, 0.1) is 6.20 Å². The average Bonchev–Trinajstić information content (AvgIpc) is 3.50. The molecule has 5 heterocycles. The molecule has 0 radical (unpaired) electrons. The van der Waals surface area contributed by atoms with Crippen LogP contribution in [-0.4, -0.2) is 49.5 Å². The van der Waals surface area contributed by atoms with Crippen molar-refractivity contribution in [2.24, 2.45) is 0 Å². The largest absolute Gasteiger partial charge is 0.340 e. The van der Waals surface area contributed by atoms with Crippen LogP contribution in [0.1, 0.15) is 26.2 Å². The summed E-state index contributed by atoms with van der Waals surface area (Å²) in [6.45, 7) is 2.90. The zero-order valence-electron chi connectivity index (χ0n) is 18.1. The Morgan fingerprint density at radius 3 is 2.84 bits per heavy atom. The smallest absolute Gasteiger partial charge is 0.252 e. The number of pyridine rings is 1. The molecule has 0 N–H and O–H groups in total. The Labute approximate surface area is 185 Å². The highest BCUT2D eigenvalue weighted by Crippen LogP contribution is 2.45. The van der Waals surface area contributed by atoms with Crippen LogP contribution in [0.2, 0.25) is 0 Å². The fraction of sp³-hybridized carbons (Fsp3) is 0.292. The molecule has 0 bridgehead atoms. The monoisotopic (exact) mass is 425 g/mol. The molecule has 1 aromatic carbocycles. The van der Waals surface area contributed by atoms with Gasteiger partial charge in [-0.2, -0.15) is 4.98 Å². The third-order valence-electron chi connectivity index (χ3n) is 6.87. The number of benzene rings is 1. The van der Waals surface area contributed by atoms with Gasteiger partial charge in [-0.15, -0.1) is 0 Å². The Hall–Kier alpha value is -3.81. The standard InChI is InChI=1S/C24H23N7O/c1-3-24-10-6-13-31(24)20-18(29(2)22(24)32)15-27-23(28-20)30-14-12-26-21(30)19-17-8-5-4-7-16(17)9-11-25-19/h4-5,7-9,11-12,14-15H,3,6,10,13H2,1-2H3. The molecular formula is C24H23N7O. The first-order valence-corrected chi connectivity index (χ1v) is 10.9. The van der Waals surface area contributed by atoms with E-state index in [0.29, 0.717) is 11.8 Å². The van der Waals surface area contributed by atoms with E-state index in [0.717, 1.165) is 53.8 Å². The highest BCUT2D eigenvalue weighted by Gasteiger charge is 2.52. The first-order valence-electron chi connectivity index (χ1n) is 10.9. The number of fused-ring (bicyclic) bond motifs is 4. The molecule has 1 fully saturated rings. The van der Waals surface area contributed by atoms with Crippen molar-refractivity contribution in [3.05, 3.63) is 55.1 Å². The fourth-order valence-corrected chi connectivity index (χ4v) is 5.20. The molecule has 1 saturated heterocycles. The number of amides is 1. The van der Waals surface area contributed by atoms with Crippen LogP contribution in [0.25, 0.3) is 28.2 Å². The van der Waals surface area contributed by atoms with E-state index in [1.807, 2.05) is 42.1 Å². The molecule has 6 rings (SSSR count). The summed E-state index contributed by atoms with van der Waals surface area (Å²) >= 11 is 0. The van der Waals surface area contributed by atoms with Gasteiger partial charge in [0.15, 0.2) is 11.6 Å². The quantitative estimate of drug-likeness (QED) is 0.499. The molecule has 8 nitrogen and oxygen atoms in total. The molecule has 3 aromatic heterocycles. The van der Waals surface area contributed by atoms with Gasteiger partial charge >= 0.3 is 0 Å². The molecule has 0 spiro atoms. The third kappa shape index (κ3) is 2.46. The molecule has 8 heteroatoms. The summed E-state index contributed by atoms with van der Waals surface area (Å²) in [5, 5.41) is 2.12. The Morgan fingerprint density at radius 1 is 1.09 bits per heavy atom. The van der Waals surface area contributed by atoms with Crippen molar-refractivity contribution in [2.45, 2.75) is 31.7 Å². The van der Waals surface area contributed by atoms with Crippen molar-refractivity contribution in [1.29, 1.82) is 0 Å². The summed E-state index contributed by atoms with van der Waals surface area (Å²) in [4.78, 5) is 35.9. The molecular weight excluding hydrogens is 402 g/mol. The third-order valence-corrected chi connectivity index (χ3v) is 6.87. The molecule has 32 heavy (non-hydrogen) atoms. The summed E-state index contributed by atoms with van der Waals surface area (Å²) in [6.07, 6.45) is 9.71. The van der Waals surface area contributed by atoms with Crippen LogP contribution in [0.15, 0.2) is 55.1 Å². The molecule has 2 aliphatic heterocycles. The van der Waals surface area contributed by atoms with E-state index >= 15 is 0 Å². The van der Waals surface area contributed by atoms with Crippen molar-refractivity contribution < 1.29 is 4.79 Å². The second-order valence-electron chi connectivity index (χ2n) is 8.38.